The number of hydrogen-bond acceptors (Lipinski definition) is 4. The summed E-state index contributed by atoms with van der Waals surface area (Å²) < 4.78 is 18.9. The molecular formula is C20H23FN2O2S. The van der Waals surface area contributed by atoms with Gasteiger partial charge in [0.25, 0.3) is 5.91 Å². The second kappa shape index (κ2) is 9.59. The zero-order valence-corrected chi connectivity index (χ0v) is 15.4. The number of nitrogens with zero attached hydrogens (tertiary/aromatic N) is 1. The van der Waals surface area contributed by atoms with Gasteiger partial charge in [0.1, 0.15) is 5.82 Å². The summed E-state index contributed by atoms with van der Waals surface area (Å²) in [5, 5.41) is 2.91. The van der Waals surface area contributed by atoms with E-state index in [9.17, 15) is 9.18 Å². The number of amides is 1. The van der Waals surface area contributed by atoms with Crippen molar-refractivity contribution in [2.45, 2.75) is 5.75 Å². The summed E-state index contributed by atoms with van der Waals surface area (Å²) in [6.07, 6.45) is 0. The number of benzene rings is 2. The van der Waals surface area contributed by atoms with Gasteiger partial charge in [-0.15, -0.1) is 0 Å². The Morgan fingerprint density at radius 1 is 1.12 bits per heavy atom. The van der Waals surface area contributed by atoms with E-state index in [2.05, 4.69) is 10.2 Å². The van der Waals surface area contributed by atoms with Crippen LogP contribution in [-0.4, -0.2) is 44.5 Å². The Kier molecular flexibility index (Phi) is 6.91. The van der Waals surface area contributed by atoms with Gasteiger partial charge in [-0.25, -0.2) is 4.39 Å². The largest absolute Gasteiger partial charge is 0.378 e. The maximum atomic E-state index is 13.5. The van der Waals surface area contributed by atoms with Crippen molar-refractivity contribution in [2.24, 2.45) is 0 Å². The number of halogens is 1. The molecule has 1 heterocycles. The number of carbonyl (C=O) groups excluding carboxylic acids is 1. The summed E-state index contributed by atoms with van der Waals surface area (Å²) in [6, 6.07) is 14.4. The lowest BCUT2D eigenvalue weighted by molar-refractivity contribution is 0.0956. The van der Waals surface area contributed by atoms with E-state index in [1.807, 2.05) is 30.3 Å². The Morgan fingerprint density at radius 3 is 2.58 bits per heavy atom. The molecule has 0 aromatic heterocycles. The molecule has 0 bridgehead atoms. The van der Waals surface area contributed by atoms with Gasteiger partial charge in [-0.05, 0) is 35.9 Å². The summed E-state index contributed by atoms with van der Waals surface area (Å²) in [4.78, 5) is 14.5. The van der Waals surface area contributed by atoms with Crippen molar-refractivity contribution in [1.82, 2.24) is 5.32 Å². The van der Waals surface area contributed by atoms with Crippen molar-refractivity contribution in [1.29, 1.82) is 0 Å². The van der Waals surface area contributed by atoms with Gasteiger partial charge in [0.05, 0.1) is 13.2 Å². The molecule has 1 aliphatic heterocycles. The predicted octanol–water partition coefficient (Wildman–Crippen LogP) is 3.33. The quantitative estimate of drug-likeness (QED) is 0.755. The maximum Gasteiger partial charge on any atom is 0.251 e. The van der Waals surface area contributed by atoms with E-state index in [1.165, 1.54) is 6.07 Å². The number of hydrogen-bond donors (Lipinski definition) is 1. The first-order chi connectivity index (χ1) is 12.7. The molecule has 2 aromatic rings. The van der Waals surface area contributed by atoms with E-state index in [-0.39, 0.29) is 11.7 Å². The highest BCUT2D eigenvalue weighted by Gasteiger charge is 2.12. The van der Waals surface area contributed by atoms with Crippen LogP contribution in [0.5, 0.6) is 0 Å². The number of carbonyl (C=O) groups is 1. The molecule has 6 heteroatoms. The third-order valence-corrected chi connectivity index (χ3v) is 5.26. The normalized spacial score (nSPS) is 14.3. The van der Waals surface area contributed by atoms with Crippen LogP contribution in [0.4, 0.5) is 10.1 Å². The highest BCUT2D eigenvalue weighted by atomic mass is 32.2. The van der Waals surface area contributed by atoms with Crippen molar-refractivity contribution in [2.75, 3.05) is 43.5 Å². The number of rotatable bonds is 7. The lowest BCUT2D eigenvalue weighted by Crippen LogP contribution is -2.36. The van der Waals surface area contributed by atoms with Crippen molar-refractivity contribution in [3.63, 3.8) is 0 Å². The van der Waals surface area contributed by atoms with Crippen LogP contribution in [0.1, 0.15) is 15.9 Å². The molecule has 1 aliphatic rings. The van der Waals surface area contributed by atoms with E-state index in [0.29, 0.717) is 23.4 Å². The first-order valence-corrected chi connectivity index (χ1v) is 9.91. The summed E-state index contributed by atoms with van der Waals surface area (Å²) in [5.74, 6) is 1.09. The van der Waals surface area contributed by atoms with Crippen LogP contribution >= 0.6 is 11.8 Å². The van der Waals surface area contributed by atoms with Crippen molar-refractivity contribution in [3.8, 4) is 0 Å². The first kappa shape index (κ1) is 18.7. The third kappa shape index (κ3) is 5.22. The van der Waals surface area contributed by atoms with Gasteiger partial charge in [-0.3, -0.25) is 4.79 Å². The van der Waals surface area contributed by atoms with E-state index in [1.54, 1.807) is 23.9 Å². The molecule has 4 nitrogen and oxygen atoms in total. The van der Waals surface area contributed by atoms with Crippen LogP contribution < -0.4 is 10.2 Å². The molecule has 0 spiro atoms. The van der Waals surface area contributed by atoms with E-state index >= 15 is 0 Å². The highest BCUT2D eigenvalue weighted by Crippen LogP contribution is 2.17. The average Bonchev–Trinajstić information content (AvgIpc) is 2.70. The summed E-state index contributed by atoms with van der Waals surface area (Å²) in [5.41, 5.74) is 2.47. The lowest BCUT2D eigenvalue weighted by atomic mass is 10.1. The van der Waals surface area contributed by atoms with Crippen LogP contribution in [0.2, 0.25) is 0 Å². The summed E-state index contributed by atoms with van der Waals surface area (Å²) in [7, 11) is 0. The number of nitrogens with one attached hydrogen (secondary N) is 1. The van der Waals surface area contributed by atoms with Crippen molar-refractivity contribution >= 4 is 23.4 Å². The Balaban J connectivity index is 1.40. The molecule has 3 rings (SSSR count). The molecule has 2 aromatic carbocycles. The van der Waals surface area contributed by atoms with Crippen LogP contribution in [0.25, 0.3) is 0 Å². The first-order valence-electron chi connectivity index (χ1n) is 8.76. The standard InChI is InChI=1S/C20H23FN2O2S/c21-19-4-2-1-3-17(19)15-26-14-9-22-20(24)16-5-7-18(8-6-16)23-10-12-25-13-11-23/h1-8H,9-15H2,(H,22,24). The highest BCUT2D eigenvalue weighted by molar-refractivity contribution is 7.98. The summed E-state index contributed by atoms with van der Waals surface area (Å²) in [6.45, 7) is 3.80. The van der Waals surface area contributed by atoms with E-state index in [4.69, 9.17) is 4.74 Å². The molecule has 1 amide bonds. The molecule has 0 unspecified atom stereocenters. The molecule has 0 atom stereocenters. The number of ether oxygens (including phenoxy) is 1. The predicted molar refractivity (Wildman–Crippen MR) is 104 cm³/mol. The molecular weight excluding hydrogens is 351 g/mol. The molecule has 1 fully saturated rings. The van der Waals surface area contributed by atoms with Crippen LogP contribution in [0.3, 0.4) is 0 Å². The molecule has 1 saturated heterocycles. The molecule has 0 radical (unpaired) electrons. The fourth-order valence-electron chi connectivity index (χ4n) is 2.78. The van der Waals surface area contributed by atoms with Gasteiger partial charge < -0.3 is 15.0 Å². The molecule has 1 N–H and O–H groups in total. The monoisotopic (exact) mass is 374 g/mol. The van der Waals surface area contributed by atoms with E-state index < -0.39 is 0 Å². The van der Waals surface area contributed by atoms with Gasteiger partial charge in [0.15, 0.2) is 0 Å². The molecule has 26 heavy (non-hydrogen) atoms. The SMILES string of the molecule is O=C(NCCSCc1ccccc1F)c1ccc(N2CCOCC2)cc1. The average molecular weight is 374 g/mol. The van der Waals surface area contributed by atoms with Crippen LogP contribution in [0, 0.1) is 5.82 Å². The fraction of sp³-hybridized carbons (Fsp3) is 0.350. The topological polar surface area (TPSA) is 41.6 Å². The van der Waals surface area contributed by atoms with Crippen LogP contribution in [-0.2, 0) is 10.5 Å². The molecule has 138 valence electrons. The maximum absolute atomic E-state index is 13.5. The third-order valence-electron chi connectivity index (χ3n) is 4.25. The second-order valence-corrected chi connectivity index (χ2v) is 7.15. The zero-order valence-electron chi connectivity index (χ0n) is 14.6. The van der Waals surface area contributed by atoms with Crippen molar-refractivity contribution in [3.05, 3.63) is 65.5 Å². The minimum absolute atomic E-state index is 0.0787. The second-order valence-electron chi connectivity index (χ2n) is 6.05. The Labute approximate surface area is 157 Å². The number of morpholine rings is 1. The van der Waals surface area contributed by atoms with Crippen LogP contribution in [0.15, 0.2) is 48.5 Å². The van der Waals surface area contributed by atoms with Gasteiger partial charge >= 0.3 is 0 Å². The number of anilines is 1. The minimum atomic E-state index is -0.176. The van der Waals surface area contributed by atoms with Gasteiger partial charge in [0, 0.05) is 42.4 Å². The van der Waals surface area contributed by atoms with Gasteiger partial charge in [-0.2, -0.15) is 11.8 Å². The minimum Gasteiger partial charge on any atom is -0.378 e. The molecule has 0 saturated carbocycles. The molecule has 0 aliphatic carbocycles. The number of thioether (sulfide) groups is 1. The summed E-state index contributed by atoms with van der Waals surface area (Å²) >= 11 is 1.61. The Bertz CT molecular complexity index is 718. The van der Waals surface area contributed by atoms with E-state index in [0.717, 1.165) is 37.7 Å². The Morgan fingerprint density at radius 2 is 1.85 bits per heavy atom. The fourth-order valence-corrected chi connectivity index (χ4v) is 3.63. The smallest absolute Gasteiger partial charge is 0.251 e. The Hall–Kier alpha value is -2.05. The van der Waals surface area contributed by atoms with Gasteiger partial charge in [-0.1, -0.05) is 18.2 Å². The van der Waals surface area contributed by atoms with Gasteiger partial charge in [0.2, 0.25) is 0 Å². The lowest BCUT2D eigenvalue weighted by Gasteiger charge is -2.28. The zero-order chi connectivity index (χ0) is 18.2. The van der Waals surface area contributed by atoms with Crippen molar-refractivity contribution < 1.29 is 13.9 Å².